The van der Waals surface area contributed by atoms with Crippen LogP contribution in [0.4, 0.5) is 0 Å². The second kappa shape index (κ2) is 40.7. The number of unbranched alkanes of at least 4 members (excludes halogenated alkanes) is 23. The van der Waals surface area contributed by atoms with Gasteiger partial charge >= 0.3 is 11.9 Å². The van der Waals surface area contributed by atoms with E-state index in [1.54, 1.807) is 0 Å². The van der Waals surface area contributed by atoms with Crippen molar-refractivity contribution in [2.24, 2.45) is 0 Å². The summed E-state index contributed by atoms with van der Waals surface area (Å²) in [5.74, 6) is 0.0512. The third-order valence-electron chi connectivity index (χ3n) is 10.3. The van der Waals surface area contributed by atoms with Gasteiger partial charge in [0.2, 0.25) is 0 Å². The van der Waals surface area contributed by atoms with Gasteiger partial charge in [-0.15, -0.1) is 0 Å². The van der Waals surface area contributed by atoms with Gasteiger partial charge in [-0.05, 0) is 83.7 Å². The zero-order valence-corrected chi connectivity index (χ0v) is 34.5. The van der Waals surface area contributed by atoms with Crippen LogP contribution in [0.1, 0.15) is 252 Å². The zero-order valence-electron chi connectivity index (χ0n) is 34.5. The molecule has 0 fully saturated rings. The van der Waals surface area contributed by atoms with Gasteiger partial charge in [0.25, 0.3) is 0 Å². The van der Waals surface area contributed by atoms with Gasteiger partial charge in [0.1, 0.15) is 12.2 Å². The molecule has 0 aromatic carbocycles. The molecular weight excluding hydrogens is 618 g/mol. The lowest BCUT2D eigenvalue weighted by atomic mass is 10.0. The highest BCUT2D eigenvalue weighted by Gasteiger charge is 2.15. The fourth-order valence-corrected chi connectivity index (χ4v) is 7.02. The van der Waals surface area contributed by atoms with Crippen LogP contribution in [0.5, 0.6) is 0 Å². The van der Waals surface area contributed by atoms with Crippen LogP contribution in [0.25, 0.3) is 0 Å². The van der Waals surface area contributed by atoms with Crippen LogP contribution in [-0.2, 0) is 19.1 Å². The molecule has 0 spiro atoms. The van der Waals surface area contributed by atoms with Gasteiger partial charge < -0.3 is 14.8 Å². The molecule has 1 unspecified atom stereocenters. The molecule has 0 aromatic rings. The molecule has 0 saturated carbocycles. The molecule has 1 N–H and O–H groups in total. The third kappa shape index (κ3) is 36.7. The van der Waals surface area contributed by atoms with Crippen molar-refractivity contribution in [3.05, 3.63) is 0 Å². The topological polar surface area (TPSA) is 64.6 Å². The Bertz CT molecular complexity index is 683. The summed E-state index contributed by atoms with van der Waals surface area (Å²) in [6.07, 6.45) is 41.4. The first kappa shape index (κ1) is 48.9. The van der Waals surface area contributed by atoms with Gasteiger partial charge in [-0.3, -0.25) is 9.59 Å². The van der Waals surface area contributed by atoms with Gasteiger partial charge in [0.15, 0.2) is 0 Å². The lowest BCUT2D eigenvalue weighted by Crippen LogP contribution is -2.18. The van der Waals surface area contributed by atoms with E-state index in [1.165, 1.54) is 154 Å². The predicted molar refractivity (Wildman–Crippen MR) is 217 cm³/mol. The summed E-state index contributed by atoms with van der Waals surface area (Å²) in [5.41, 5.74) is 0. The van der Waals surface area contributed by atoms with E-state index in [2.05, 4.69) is 33.0 Å². The summed E-state index contributed by atoms with van der Waals surface area (Å²) in [6.45, 7) is 11.1. The van der Waals surface area contributed by atoms with Crippen LogP contribution >= 0.6 is 0 Å². The van der Waals surface area contributed by atoms with E-state index < -0.39 is 0 Å². The molecule has 0 bridgehead atoms. The van der Waals surface area contributed by atoms with Gasteiger partial charge in [0.05, 0.1) is 0 Å². The maximum Gasteiger partial charge on any atom is 0.306 e. The van der Waals surface area contributed by atoms with Crippen LogP contribution in [0.15, 0.2) is 0 Å². The van der Waals surface area contributed by atoms with Crippen molar-refractivity contribution in [2.45, 2.75) is 265 Å². The number of carbonyl (C=O) groups is 2. The minimum absolute atomic E-state index is 0.0160. The lowest BCUT2D eigenvalue weighted by molar-refractivity contribution is -0.151. The van der Waals surface area contributed by atoms with Gasteiger partial charge in [-0.1, -0.05) is 169 Å². The fourth-order valence-electron chi connectivity index (χ4n) is 7.02. The average molecular weight is 708 g/mol. The number of esters is 2. The van der Waals surface area contributed by atoms with Crippen molar-refractivity contribution in [1.82, 2.24) is 5.32 Å². The minimum atomic E-state index is 0.0160. The van der Waals surface area contributed by atoms with E-state index in [-0.39, 0.29) is 24.1 Å². The van der Waals surface area contributed by atoms with Crippen molar-refractivity contribution >= 4 is 11.9 Å². The van der Waals surface area contributed by atoms with Crippen molar-refractivity contribution < 1.29 is 19.1 Å². The molecular formula is C45H89NO4. The highest BCUT2D eigenvalue weighted by atomic mass is 16.5. The monoisotopic (exact) mass is 708 g/mol. The summed E-state index contributed by atoms with van der Waals surface area (Å²) in [7, 11) is 0. The van der Waals surface area contributed by atoms with Crippen LogP contribution in [0.3, 0.4) is 0 Å². The zero-order chi connectivity index (χ0) is 36.6. The summed E-state index contributed by atoms with van der Waals surface area (Å²) >= 11 is 0. The normalized spacial score (nSPS) is 12.1. The highest BCUT2D eigenvalue weighted by Crippen LogP contribution is 2.19. The first-order valence-electron chi connectivity index (χ1n) is 22.7. The molecule has 0 aliphatic carbocycles. The molecule has 0 radical (unpaired) electrons. The SMILES string of the molecule is CCCCCCCCC(CCC)OC(=O)CCCCCCCNCCCCCCCC(=O)OC(CCCCCCCC)CCCCCCCC. The van der Waals surface area contributed by atoms with Crippen LogP contribution in [-0.4, -0.2) is 37.2 Å². The molecule has 50 heavy (non-hydrogen) atoms. The molecule has 0 aliphatic rings. The van der Waals surface area contributed by atoms with E-state index in [0.29, 0.717) is 12.8 Å². The Hall–Kier alpha value is -1.10. The Labute approximate surface area is 313 Å². The van der Waals surface area contributed by atoms with E-state index in [4.69, 9.17) is 9.47 Å². The maximum atomic E-state index is 12.6. The van der Waals surface area contributed by atoms with Crippen molar-refractivity contribution in [3.63, 3.8) is 0 Å². The second-order valence-corrected chi connectivity index (χ2v) is 15.5. The van der Waals surface area contributed by atoms with Crippen molar-refractivity contribution in [2.75, 3.05) is 13.1 Å². The summed E-state index contributed by atoms with van der Waals surface area (Å²) in [4.78, 5) is 25.0. The Kier molecular flexibility index (Phi) is 39.8. The molecule has 0 rings (SSSR count). The van der Waals surface area contributed by atoms with Gasteiger partial charge in [-0.25, -0.2) is 0 Å². The largest absolute Gasteiger partial charge is 0.462 e. The van der Waals surface area contributed by atoms with E-state index in [9.17, 15) is 9.59 Å². The number of hydrogen-bond acceptors (Lipinski definition) is 5. The lowest BCUT2D eigenvalue weighted by Gasteiger charge is -2.18. The molecule has 0 heterocycles. The quantitative estimate of drug-likeness (QED) is 0.0506. The van der Waals surface area contributed by atoms with Crippen LogP contribution in [0, 0.1) is 0 Å². The van der Waals surface area contributed by atoms with Gasteiger partial charge in [-0.2, -0.15) is 0 Å². The highest BCUT2D eigenvalue weighted by molar-refractivity contribution is 5.69. The average Bonchev–Trinajstić information content (AvgIpc) is 3.10. The standard InChI is InChI=1S/C45H89NO4/c1-5-9-12-15-20-27-35-42(34-8-4)49-44(47)38-30-23-18-25-32-40-46-41-33-26-19-24-31-39-45(48)50-43(36-28-21-16-13-10-6-2)37-29-22-17-14-11-7-3/h42-43,46H,5-41H2,1-4H3. The van der Waals surface area contributed by atoms with Crippen molar-refractivity contribution in [3.8, 4) is 0 Å². The van der Waals surface area contributed by atoms with Crippen LogP contribution < -0.4 is 5.32 Å². The summed E-state index contributed by atoms with van der Waals surface area (Å²) in [5, 5.41) is 3.60. The molecule has 5 nitrogen and oxygen atoms in total. The number of hydrogen-bond donors (Lipinski definition) is 1. The molecule has 0 aliphatic heterocycles. The fraction of sp³-hybridized carbons (Fsp3) is 0.956. The molecule has 0 amide bonds. The second-order valence-electron chi connectivity index (χ2n) is 15.5. The summed E-state index contributed by atoms with van der Waals surface area (Å²) in [6, 6.07) is 0. The van der Waals surface area contributed by atoms with E-state index in [1.807, 2.05) is 0 Å². The summed E-state index contributed by atoms with van der Waals surface area (Å²) < 4.78 is 11.8. The molecule has 1 atom stereocenters. The first-order chi connectivity index (χ1) is 24.6. The number of carbonyl (C=O) groups excluding carboxylic acids is 2. The molecule has 298 valence electrons. The Balaban J connectivity index is 3.77. The molecule has 0 aromatic heterocycles. The number of ether oxygens (including phenoxy) is 2. The molecule has 5 heteroatoms. The smallest absolute Gasteiger partial charge is 0.306 e. The Morgan fingerprint density at radius 3 is 1.02 bits per heavy atom. The van der Waals surface area contributed by atoms with Gasteiger partial charge in [0, 0.05) is 12.8 Å². The maximum absolute atomic E-state index is 12.6. The first-order valence-corrected chi connectivity index (χ1v) is 22.7. The molecule has 0 saturated heterocycles. The van der Waals surface area contributed by atoms with E-state index >= 15 is 0 Å². The predicted octanol–water partition coefficient (Wildman–Crippen LogP) is 14.1. The Morgan fingerprint density at radius 2 is 0.660 bits per heavy atom. The third-order valence-corrected chi connectivity index (χ3v) is 10.3. The minimum Gasteiger partial charge on any atom is -0.462 e. The van der Waals surface area contributed by atoms with Crippen LogP contribution in [0.2, 0.25) is 0 Å². The number of nitrogens with one attached hydrogen (secondary N) is 1. The number of rotatable bonds is 41. The Morgan fingerprint density at radius 1 is 0.360 bits per heavy atom. The van der Waals surface area contributed by atoms with Crippen molar-refractivity contribution in [1.29, 1.82) is 0 Å². The van der Waals surface area contributed by atoms with E-state index in [0.717, 1.165) is 70.9 Å².